The Kier molecular flexibility index (Phi) is 7.95. The van der Waals surface area contributed by atoms with E-state index in [-0.39, 0.29) is 5.97 Å². The molecule has 1 aliphatic rings. The lowest BCUT2D eigenvalue weighted by atomic mass is 10.1. The summed E-state index contributed by atoms with van der Waals surface area (Å²) < 4.78 is 11.2. The Balaban J connectivity index is 1.80. The summed E-state index contributed by atoms with van der Waals surface area (Å²) in [4.78, 5) is 14.6. The number of para-hydroxylation sites is 1. The van der Waals surface area contributed by atoms with E-state index in [0.717, 1.165) is 38.9 Å². The quantitative estimate of drug-likeness (QED) is 0.511. The minimum Gasteiger partial charge on any atom is -0.491 e. The summed E-state index contributed by atoms with van der Waals surface area (Å²) in [5, 5.41) is 0. The van der Waals surface area contributed by atoms with Crippen LogP contribution >= 0.6 is 0 Å². The first-order valence-corrected chi connectivity index (χ1v) is 8.92. The van der Waals surface area contributed by atoms with Gasteiger partial charge in [-0.3, -0.25) is 4.90 Å². The van der Waals surface area contributed by atoms with Crippen molar-refractivity contribution in [3.8, 4) is 5.75 Å². The predicted molar refractivity (Wildman–Crippen MR) is 92.0 cm³/mol. The predicted octanol–water partition coefficient (Wildman–Crippen LogP) is 3.90. The first-order chi connectivity index (χ1) is 11.3. The number of esters is 1. The molecule has 128 valence electrons. The van der Waals surface area contributed by atoms with Crippen LogP contribution in [0.5, 0.6) is 5.75 Å². The molecule has 1 aliphatic heterocycles. The Hall–Kier alpha value is -1.55. The molecule has 0 radical (unpaired) electrons. The molecule has 1 heterocycles. The van der Waals surface area contributed by atoms with Crippen molar-refractivity contribution in [3.63, 3.8) is 0 Å². The van der Waals surface area contributed by atoms with Gasteiger partial charge in [-0.15, -0.1) is 0 Å². The van der Waals surface area contributed by atoms with Gasteiger partial charge in [-0.25, -0.2) is 4.79 Å². The fourth-order valence-electron chi connectivity index (χ4n) is 2.82. The lowest BCUT2D eigenvalue weighted by molar-refractivity contribution is 0.0493. The molecule has 1 fully saturated rings. The Morgan fingerprint density at radius 3 is 2.65 bits per heavy atom. The standard InChI is InChI=1S/C19H29NO3/c1-2-3-9-15-23-19(21)17-10-5-6-11-18(17)22-16-14-20-12-7-4-8-13-20/h5-6,10-11H,2-4,7-9,12-16H2,1H3. The Morgan fingerprint density at radius 2 is 1.87 bits per heavy atom. The van der Waals surface area contributed by atoms with Crippen LogP contribution in [0, 0.1) is 0 Å². The topological polar surface area (TPSA) is 38.8 Å². The van der Waals surface area contributed by atoms with E-state index < -0.39 is 0 Å². The second kappa shape index (κ2) is 10.3. The smallest absolute Gasteiger partial charge is 0.341 e. The van der Waals surface area contributed by atoms with E-state index in [9.17, 15) is 4.79 Å². The van der Waals surface area contributed by atoms with E-state index in [1.807, 2.05) is 18.2 Å². The maximum absolute atomic E-state index is 12.2. The third-order valence-corrected chi connectivity index (χ3v) is 4.20. The third-order valence-electron chi connectivity index (χ3n) is 4.20. The summed E-state index contributed by atoms with van der Waals surface area (Å²) in [6.45, 7) is 6.46. The second-order valence-electron chi connectivity index (χ2n) is 6.09. The molecule has 0 amide bonds. The Morgan fingerprint density at radius 1 is 1.09 bits per heavy atom. The Labute approximate surface area is 139 Å². The molecule has 1 aromatic rings. The number of hydrogen-bond donors (Lipinski definition) is 0. The van der Waals surface area contributed by atoms with E-state index in [4.69, 9.17) is 9.47 Å². The van der Waals surface area contributed by atoms with Gasteiger partial charge in [0.1, 0.15) is 17.9 Å². The van der Waals surface area contributed by atoms with Crippen molar-refractivity contribution < 1.29 is 14.3 Å². The van der Waals surface area contributed by atoms with Crippen molar-refractivity contribution in [2.45, 2.75) is 45.4 Å². The van der Waals surface area contributed by atoms with Gasteiger partial charge in [0.15, 0.2) is 0 Å². The van der Waals surface area contributed by atoms with Crippen molar-refractivity contribution >= 4 is 5.97 Å². The van der Waals surface area contributed by atoms with Crippen LogP contribution in [0.2, 0.25) is 0 Å². The molecular weight excluding hydrogens is 290 g/mol. The zero-order chi connectivity index (χ0) is 16.3. The van der Waals surface area contributed by atoms with E-state index in [2.05, 4.69) is 11.8 Å². The zero-order valence-corrected chi connectivity index (χ0v) is 14.3. The molecule has 0 spiro atoms. The summed E-state index contributed by atoms with van der Waals surface area (Å²) >= 11 is 0. The van der Waals surface area contributed by atoms with Crippen LogP contribution < -0.4 is 4.74 Å². The molecule has 23 heavy (non-hydrogen) atoms. The molecule has 0 aromatic heterocycles. The van der Waals surface area contributed by atoms with Gasteiger partial charge in [-0.05, 0) is 44.5 Å². The SMILES string of the molecule is CCCCCOC(=O)c1ccccc1OCCN1CCCCC1. The van der Waals surface area contributed by atoms with E-state index in [1.54, 1.807) is 6.07 Å². The second-order valence-corrected chi connectivity index (χ2v) is 6.09. The highest BCUT2D eigenvalue weighted by molar-refractivity contribution is 5.92. The van der Waals surface area contributed by atoms with Gasteiger partial charge in [-0.1, -0.05) is 38.3 Å². The molecule has 2 rings (SSSR count). The summed E-state index contributed by atoms with van der Waals surface area (Å²) in [7, 11) is 0. The zero-order valence-electron chi connectivity index (χ0n) is 14.3. The number of piperidine rings is 1. The molecule has 4 heteroatoms. The average Bonchev–Trinajstić information content (AvgIpc) is 2.60. The third kappa shape index (κ3) is 6.22. The molecule has 1 aromatic carbocycles. The number of benzene rings is 1. The number of hydrogen-bond acceptors (Lipinski definition) is 4. The molecule has 0 N–H and O–H groups in total. The summed E-state index contributed by atoms with van der Waals surface area (Å²) in [5.74, 6) is 0.347. The van der Waals surface area contributed by atoms with Gasteiger partial charge < -0.3 is 9.47 Å². The number of carbonyl (C=O) groups is 1. The molecule has 4 nitrogen and oxygen atoms in total. The monoisotopic (exact) mass is 319 g/mol. The summed E-state index contributed by atoms with van der Waals surface area (Å²) in [6, 6.07) is 7.36. The van der Waals surface area contributed by atoms with Crippen LogP contribution in [-0.2, 0) is 4.74 Å². The van der Waals surface area contributed by atoms with Crippen molar-refractivity contribution in [3.05, 3.63) is 29.8 Å². The molecule has 0 atom stereocenters. The highest BCUT2D eigenvalue weighted by Gasteiger charge is 2.14. The van der Waals surface area contributed by atoms with Crippen LogP contribution in [0.25, 0.3) is 0 Å². The normalized spacial score (nSPS) is 15.3. The lowest BCUT2D eigenvalue weighted by Crippen LogP contribution is -2.33. The molecule has 0 unspecified atom stereocenters. The Bertz CT molecular complexity index is 469. The first kappa shape index (κ1) is 17.8. The number of unbranched alkanes of at least 4 members (excludes halogenated alkanes) is 2. The minimum absolute atomic E-state index is 0.283. The fourth-order valence-corrected chi connectivity index (χ4v) is 2.82. The molecule has 0 saturated carbocycles. The van der Waals surface area contributed by atoms with Gasteiger partial charge in [0, 0.05) is 6.54 Å². The number of ether oxygens (including phenoxy) is 2. The van der Waals surface area contributed by atoms with Crippen LogP contribution in [0.3, 0.4) is 0 Å². The molecule has 1 saturated heterocycles. The highest BCUT2D eigenvalue weighted by Crippen LogP contribution is 2.19. The lowest BCUT2D eigenvalue weighted by Gasteiger charge is -2.26. The van der Waals surface area contributed by atoms with Crippen LogP contribution in [-0.4, -0.2) is 43.7 Å². The van der Waals surface area contributed by atoms with Crippen molar-refractivity contribution in [1.82, 2.24) is 4.90 Å². The van der Waals surface area contributed by atoms with Gasteiger partial charge in [0.05, 0.1) is 6.61 Å². The van der Waals surface area contributed by atoms with Crippen molar-refractivity contribution in [2.24, 2.45) is 0 Å². The van der Waals surface area contributed by atoms with Gasteiger partial charge >= 0.3 is 5.97 Å². The molecular formula is C19H29NO3. The van der Waals surface area contributed by atoms with E-state index >= 15 is 0 Å². The van der Waals surface area contributed by atoms with Crippen molar-refractivity contribution in [2.75, 3.05) is 32.8 Å². The summed E-state index contributed by atoms with van der Waals surface area (Å²) in [6.07, 6.45) is 7.01. The van der Waals surface area contributed by atoms with Crippen molar-refractivity contribution in [1.29, 1.82) is 0 Å². The maximum Gasteiger partial charge on any atom is 0.341 e. The van der Waals surface area contributed by atoms with Gasteiger partial charge in [0.2, 0.25) is 0 Å². The van der Waals surface area contributed by atoms with Crippen LogP contribution in [0.4, 0.5) is 0 Å². The minimum atomic E-state index is -0.283. The number of rotatable bonds is 9. The largest absolute Gasteiger partial charge is 0.491 e. The van der Waals surface area contributed by atoms with Crippen LogP contribution in [0.15, 0.2) is 24.3 Å². The van der Waals surface area contributed by atoms with E-state index in [0.29, 0.717) is 24.5 Å². The number of likely N-dealkylation sites (tertiary alicyclic amines) is 1. The van der Waals surface area contributed by atoms with Gasteiger partial charge in [-0.2, -0.15) is 0 Å². The van der Waals surface area contributed by atoms with Crippen LogP contribution in [0.1, 0.15) is 55.8 Å². The highest BCUT2D eigenvalue weighted by atomic mass is 16.5. The van der Waals surface area contributed by atoms with E-state index in [1.165, 1.54) is 19.3 Å². The van der Waals surface area contributed by atoms with Gasteiger partial charge in [0.25, 0.3) is 0 Å². The number of carbonyl (C=O) groups excluding carboxylic acids is 1. The summed E-state index contributed by atoms with van der Waals surface area (Å²) in [5.41, 5.74) is 0.530. The first-order valence-electron chi connectivity index (χ1n) is 8.92. The number of nitrogens with zero attached hydrogens (tertiary/aromatic N) is 1. The molecule has 0 aliphatic carbocycles. The average molecular weight is 319 g/mol. The fraction of sp³-hybridized carbons (Fsp3) is 0.632. The molecule has 0 bridgehead atoms. The maximum atomic E-state index is 12.2.